The minimum absolute atomic E-state index is 0.0248. The molecule has 0 spiro atoms. The van der Waals surface area contributed by atoms with Crippen molar-refractivity contribution >= 4 is 5.91 Å². The highest BCUT2D eigenvalue weighted by molar-refractivity contribution is 5.96. The van der Waals surface area contributed by atoms with E-state index in [4.69, 9.17) is 9.47 Å². The average molecular weight is 564 g/mol. The number of aromatic nitrogens is 1. The number of aliphatic hydroxyl groups is 1. The molecule has 4 aromatic rings. The van der Waals surface area contributed by atoms with Crippen molar-refractivity contribution in [2.75, 3.05) is 31.4 Å². The van der Waals surface area contributed by atoms with Gasteiger partial charge in [-0.15, -0.1) is 0 Å². The highest BCUT2D eigenvalue weighted by Crippen LogP contribution is 2.37. The zero-order chi connectivity index (χ0) is 28.9. The van der Waals surface area contributed by atoms with Crippen LogP contribution in [-0.4, -0.2) is 47.0 Å². The van der Waals surface area contributed by atoms with Crippen LogP contribution in [0.15, 0.2) is 114 Å². The number of carbonyl (C=O) groups is 1. The van der Waals surface area contributed by atoms with Crippen molar-refractivity contribution in [3.05, 3.63) is 141 Å². The predicted molar refractivity (Wildman–Crippen MR) is 160 cm³/mol. The summed E-state index contributed by atoms with van der Waals surface area (Å²) in [7, 11) is 0. The molecule has 2 aliphatic heterocycles. The van der Waals surface area contributed by atoms with Crippen LogP contribution in [0.2, 0.25) is 0 Å². The lowest BCUT2D eigenvalue weighted by Crippen LogP contribution is -2.55. The first-order valence-electron chi connectivity index (χ1n) is 14.2. The van der Waals surface area contributed by atoms with E-state index in [0.29, 0.717) is 26.0 Å². The largest absolute Gasteiger partial charge is 0.489 e. The van der Waals surface area contributed by atoms with Gasteiger partial charge in [-0.2, -0.15) is 0 Å². The molecular weight excluding hydrogens is 530 g/mol. The lowest BCUT2D eigenvalue weighted by atomic mass is 9.97. The molecule has 0 aliphatic carbocycles. The second-order valence-corrected chi connectivity index (χ2v) is 10.4. The van der Waals surface area contributed by atoms with Gasteiger partial charge < -0.3 is 19.5 Å². The molecule has 6 rings (SSSR count). The zero-order valence-electron chi connectivity index (χ0n) is 23.3. The molecule has 3 heterocycles. The smallest absolute Gasteiger partial charge is 0.278 e. The van der Waals surface area contributed by atoms with Gasteiger partial charge in [0.05, 0.1) is 0 Å². The van der Waals surface area contributed by atoms with E-state index in [2.05, 4.69) is 17.1 Å². The van der Waals surface area contributed by atoms with E-state index in [-0.39, 0.29) is 48.7 Å². The summed E-state index contributed by atoms with van der Waals surface area (Å²) < 4.78 is 14.3. The van der Waals surface area contributed by atoms with Gasteiger partial charge in [0.1, 0.15) is 31.7 Å². The van der Waals surface area contributed by atoms with Crippen LogP contribution in [0.4, 0.5) is 0 Å². The monoisotopic (exact) mass is 563 g/mol. The fraction of sp³-hybridized carbons (Fsp3) is 0.235. The van der Waals surface area contributed by atoms with Crippen LogP contribution in [0.3, 0.4) is 0 Å². The van der Waals surface area contributed by atoms with Crippen LogP contribution < -0.4 is 19.9 Å². The molecule has 0 fully saturated rings. The number of hydrogen-bond acceptors (Lipinski definition) is 6. The molecule has 42 heavy (non-hydrogen) atoms. The van der Waals surface area contributed by atoms with E-state index in [1.54, 1.807) is 15.8 Å². The summed E-state index contributed by atoms with van der Waals surface area (Å²) in [6, 6.07) is 28.7. The summed E-state index contributed by atoms with van der Waals surface area (Å²) in [6.07, 6.45) is 4.90. The van der Waals surface area contributed by atoms with Crippen LogP contribution in [0.25, 0.3) is 0 Å². The van der Waals surface area contributed by atoms with E-state index >= 15 is 0 Å². The first-order chi connectivity index (χ1) is 20.6. The number of pyridine rings is 1. The Bertz CT molecular complexity index is 1630. The van der Waals surface area contributed by atoms with E-state index in [0.717, 1.165) is 28.0 Å². The van der Waals surface area contributed by atoms with Gasteiger partial charge in [0.15, 0.2) is 11.4 Å². The minimum Gasteiger partial charge on any atom is -0.489 e. The standard InChI is InChI=1S/C34H33N3O5/c38-21-9-12-26-17-19-35-24-37(31(27-13-5-2-6-14-27)28-15-7-8-16-30(28)41-22-26)36-20-18-29(39)33(32(36)34(35)40)42-23-25-10-3-1-4-11-25/h1-8,10-11,13-18,20,31,38H,9,12,19,21-24H2/b26-17-. The van der Waals surface area contributed by atoms with Crippen molar-refractivity contribution in [2.24, 2.45) is 0 Å². The first kappa shape index (κ1) is 27.4. The number of ether oxygens (including phenoxy) is 2. The van der Waals surface area contributed by atoms with E-state index in [9.17, 15) is 14.7 Å². The summed E-state index contributed by atoms with van der Waals surface area (Å²) in [4.78, 5) is 29.1. The third-order valence-corrected chi connectivity index (χ3v) is 7.64. The van der Waals surface area contributed by atoms with Gasteiger partial charge in [0.2, 0.25) is 5.43 Å². The maximum absolute atomic E-state index is 14.1. The highest BCUT2D eigenvalue weighted by Gasteiger charge is 2.37. The molecule has 1 aromatic heterocycles. The van der Waals surface area contributed by atoms with Gasteiger partial charge in [-0.1, -0.05) is 84.9 Å². The van der Waals surface area contributed by atoms with Gasteiger partial charge in [-0.3, -0.25) is 19.3 Å². The molecule has 2 bridgehead atoms. The fourth-order valence-electron chi connectivity index (χ4n) is 5.53. The molecule has 0 saturated heterocycles. The third-order valence-electron chi connectivity index (χ3n) is 7.64. The number of amides is 1. The van der Waals surface area contributed by atoms with E-state index in [1.165, 1.54) is 6.07 Å². The molecule has 0 saturated carbocycles. The van der Waals surface area contributed by atoms with E-state index < -0.39 is 0 Å². The normalized spacial score (nSPS) is 17.7. The Morgan fingerprint density at radius 3 is 2.43 bits per heavy atom. The lowest BCUT2D eigenvalue weighted by molar-refractivity contribution is 0.0698. The summed E-state index contributed by atoms with van der Waals surface area (Å²) in [5.41, 5.74) is 3.66. The Morgan fingerprint density at radius 2 is 1.64 bits per heavy atom. The summed E-state index contributed by atoms with van der Waals surface area (Å²) >= 11 is 0. The summed E-state index contributed by atoms with van der Waals surface area (Å²) in [5.74, 6) is 0.469. The minimum atomic E-state index is -0.351. The van der Waals surface area contributed by atoms with Crippen molar-refractivity contribution in [3.63, 3.8) is 0 Å². The number of hydrogen-bond donors (Lipinski definition) is 1. The summed E-state index contributed by atoms with van der Waals surface area (Å²) in [5, 5.41) is 11.6. The van der Waals surface area contributed by atoms with Crippen LogP contribution in [0.1, 0.15) is 46.1 Å². The van der Waals surface area contributed by atoms with Crippen LogP contribution in [0.5, 0.6) is 11.5 Å². The van der Waals surface area contributed by atoms with Crippen molar-refractivity contribution in [3.8, 4) is 11.5 Å². The molecule has 214 valence electrons. The molecule has 1 unspecified atom stereocenters. The van der Waals surface area contributed by atoms with Crippen molar-refractivity contribution in [2.45, 2.75) is 25.5 Å². The molecule has 0 radical (unpaired) electrons. The SMILES string of the molecule is O=C1c2c(OCc3ccccc3)c(=O)ccn2N2CN1C/C=C(/CCCO)COc1ccccc1C2c1ccccc1. The maximum Gasteiger partial charge on any atom is 0.278 e. The first-order valence-corrected chi connectivity index (χ1v) is 14.2. The molecule has 1 atom stereocenters. The van der Waals surface area contributed by atoms with Gasteiger partial charge in [-0.25, -0.2) is 0 Å². The molecule has 8 heteroatoms. The Morgan fingerprint density at radius 1 is 0.905 bits per heavy atom. The van der Waals surface area contributed by atoms with Crippen molar-refractivity contribution in [1.82, 2.24) is 9.58 Å². The number of benzene rings is 3. The number of para-hydroxylation sites is 1. The molecule has 1 amide bonds. The molecular formula is C34H33N3O5. The second-order valence-electron chi connectivity index (χ2n) is 10.4. The zero-order valence-corrected chi connectivity index (χ0v) is 23.3. The summed E-state index contributed by atoms with van der Waals surface area (Å²) in [6.45, 7) is 1.16. The predicted octanol–water partition coefficient (Wildman–Crippen LogP) is 4.66. The fourth-order valence-corrected chi connectivity index (χ4v) is 5.53. The molecule has 1 N–H and O–H groups in total. The third kappa shape index (κ3) is 5.53. The highest BCUT2D eigenvalue weighted by atomic mass is 16.5. The van der Waals surface area contributed by atoms with Gasteiger partial charge in [-0.05, 0) is 35.6 Å². The van der Waals surface area contributed by atoms with Gasteiger partial charge in [0, 0.05) is 31.0 Å². The Hall–Kier alpha value is -4.82. The van der Waals surface area contributed by atoms with Crippen LogP contribution in [0, 0.1) is 0 Å². The maximum atomic E-state index is 14.1. The lowest BCUT2D eigenvalue weighted by Gasteiger charge is -2.44. The number of rotatable bonds is 7. The van der Waals surface area contributed by atoms with Crippen LogP contribution in [-0.2, 0) is 6.61 Å². The molecule has 2 aliphatic rings. The molecule has 3 aromatic carbocycles. The van der Waals surface area contributed by atoms with Crippen LogP contribution >= 0.6 is 0 Å². The molecule has 8 nitrogen and oxygen atoms in total. The number of nitrogens with zero attached hydrogens (tertiary/aromatic N) is 3. The quantitative estimate of drug-likeness (QED) is 0.330. The second kappa shape index (κ2) is 12.4. The Labute approximate surface area is 244 Å². The van der Waals surface area contributed by atoms with E-state index in [1.807, 2.05) is 78.9 Å². The number of aliphatic hydroxyl groups excluding tert-OH is 1. The Balaban J connectivity index is 1.53. The Kier molecular flexibility index (Phi) is 8.05. The van der Waals surface area contributed by atoms with Gasteiger partial charge in [0.25, 0.3) is 5.91 Å². The number of carbonyl (C=O) groups excluding carboxylic acids is 1. The van der Waals surface area contributed by atoms with Crippen molar-refractivity contribution < 1.29 is 19.4 Å². The topological polar surface area (TPSA) is 84.2 Å². The average Bonchev–Trinajstić information content (AvgIpc) is 3.05. The van der Waals surface area contributed by atoms with Crippen molar-refractivity contribution in [1.29, 1.82) is 0 Å². The number of fused-ring (bicyclic) bond motifs is 5. The van der Waals surface area contributed by atoms with Gasteiger partial charge >= 0.3 is 0 Å².